The highest BCUT2D eigenvalue weighted by Gasteiger charge is 2.58. The predicted octanol–water partition coefficient (Wildman–Crippen LogP) is 4.70. The van der Waals surface area contributed by atoms with E-state index in [0.29, 0.717) is 54.7 Å². The number of ether oxygens (including phenoxy) is 1. The van der Waals surface area contributed by atoms with Gasteiger partial charge in [0.15, 0.2) is 11.5 Å². The number of carbonyl (C=O) groups excluding carboxylic acids is 1. The van der Waals surface area contributed by atoms with E-state index in [0.717, 1.165) is 32.1 Å². The Labute approximate surface area is 172 Å². The van der Waals surface area contributed by atoms with Gasteiger partial charge in [0.2, 0.25) is 0 Å². The summed E-state index contributed by atoms with van der Waals surface area (Å²) >= 11 is 0. The molecule has 0 amide bonds. The number of hydrogen-bond acceptors (Lipinski definition) is 4. The molecule has 5 nitrogen and oxygen atoms in total. The first kappa shape index (κ1) is 20.2. The van der Waals surface area contributed by atoms with E-state index in [1.165, 1.54) is 11.1 Å². The van der Waals surface area contributed by atoms with Gasteiger partial charge in [0.05, 0.1) is 6.61 Å². The number of aliphatic carboxylic acids is 1. The predicted molar refractivity (Wildman–Crippen MR) is 109 cm³/mol. The fraction of sp³-hybridized carbons (Fsp3) is 0.667. The lowest BCUT2D eigenvalue weighted by atomic mass is 9.54. The normalized spacial score (nSPS) is 33.0. The molecule has 2 N–H and O–H groups in total. The highest BCUT2D eigenvalue weighted by molar-refractivity contribution is 5.87. The lowest BCUT2D eigenvalue weighted by molar-refractivity contribution is -0.137. The number of Topliss-reactive ketones (excluding diaryl/α,β-unsaturated/α-hetero) is 1. The number of phenols is 1. The summed E-state index contributed by atoms with van der Waals surface area (Å²) in [4.78, 5) is 23.9. The molecule has 0 saturated heterocycles. The molecule has 3 aliphatic carbocycles. The molecule has 5 atom stereocenters. The van der Waals surface area contributed by atoms with Gasteiger partial charge in [-0.1, -0.05) is 6.92 Å². The SMILES string of the molecule is CCOc1cc2c(cc1O)CC[C@H]1[C@@H]3[C@@H](CCCC(=O)O)CC(=O)[C@@]3(C)CC[C@H]21. The molecule has 0 heterocycles. The number of hydrogen-bond donors (Lipinski definition) is 2. The van der Waals surface area contributed by atoms with Crippen LogP contribution in [0.4, 0.5) is 0 Å². The molecule has 2 fully saturated rings. The lowest BCUT2D eigenvalue weighted by Crippen LogP contribution is -2.44. The van der Waals surface area contributed by atoms with Crippen molar-refractivity contribution in [2.24, 2.45) is 23.2 Å². The number of carboxylic acid groups (broad SMARTS) is 1. The molecule has 2 saturated carbocycles. The average Bonchev–Trinajstić information content (AvgIpc) is 2.92. The van der Waals surface area contributed by atoms with Crippen LogP contribution in [0.1, 0.15) is 75.8 Å². The van der Waals surface area contributed by atoms with Crippen molar-refractivity contribution in [1.82, 2.24) is 0 Å². The first-order chi connectivity index (χ1) is 13.8. The quantitative estimate of drug-likeness (QED) is 0.723. The van der Waals surface area contributed by atoms with Crippen molar-refractivity contribution in [2.45, 2.75) is 71.1 Å². The summed E-state index contributed by atoms with van der Waals surface area (Å²) < 4.78 is 5.64. The van der Waals surface area contributed by atoms with Crippen LogP contribution in [0, 0.1) is 23.2 Å². The average molecular weight is 401 g/mol. The summed E-state index contributed by atoms with van der Waals surface area (Å²) in [5.41, 5.74) is 2.24. The van der Waals surface area contributed by atoms with Crippen LogP contribution in [-0.2, 0) is 16.0 Å². The first-order valence-corrected chi connectivity index (χ1v) is 11.1. The Hall–Kier alpha value is -2.04. The second-order valence-corrected chi connectivity index (χ2v) is 9.42. The number of rotatable bonds is 6. The molecular weight excluding hydrogens is 368 g/mol. The van der Waals surface area contributed by atoms with Gasteiger partial charge in [-0.3, -0.25) is 9.59 Å². The van der Waals surface area contributed by atoms with Crippen LogP contribution in [0.25, 0.3) is 0 Å². The maximum atomic E-state index is 13.0. The highest BCUT2D eigenvalue weighted by Crippen LogP contribution is 2.62. The number of carbonyl (C=O) groups is 2. The highest BCUT2D eigenvalue weighted by atomic mass is 16.5. The minimum atomic E-state index is -0.756. The third-order valence-electron chi connectivity index (χ3n) is 7.91. The van der Waals surface area contributed by atoms with Crippen molar-refractivity contribution >= 4 is 11.8 Å². The van der Waals surface area contributed by atoms with Gasteiger partial charge in [0, 0.05) is 18.3 Å². The van der Waals surface area contributed by atoms with Gasteiger partial charge >= 0.3 is 5.97 Å². The molecule has 0 unspecified atom stereocenters. The van der Waals surface area contributed by atoms with Gasteiger partial charge < -0.3 is 14.9 Å². The number of ketones is 1. The van der Waals surface area contributed by atoms with Crippen LogP contribution in [0.5, 0.6) is 11.5 Å². The van der Waals surface area contributed by atoms with Crippen molar-refractivity contribution < 1.29 is 24.5 Å². The van der Waals surface area contributed by atoms with Crippen LogP contribution in [0.3, 0.4) is 0 Å². The van der Waals surface area contributed by atoms with Crippen LogP contribution in [0.2, 0.25) is 0 Å². The van der Waals surface area contributed by atoms with Gasteiger partial charge in [0.25, 0.3) is 0 Å². The summed E-state index contributed by atoms with van der Waals surface area (Å²) in [5.74, 6) is 1.87. The van der Waals surface area contributed by atoms with Gasteiger partial charge in [0.1, 0.15) is 5.78 Å². The van der Waals surface area contributed by atoms with E-state index < -0.39 is 5.97 Å². The molecule has 3 aliphatic rings. The van der Waals surface area contributed by atoms with Crippen LogP contribution < -0.4 is 4.74 Å². The van der Waals surface area contributed by atoms with E-state index in [-0.39, 0.29) is 17.6 Å². The van der Waals surface area contributed by atoms with Crippen molar-refractivity contribution in [1.29, 1.82) is 0 Å². The molecule has 0 aliphatic heterocycles. The van der Waals surface area contributed by atoms with E-state index in [1.54, 1.807) is 0 Å². The van der Waals surface area contributed by atoms with E-state index in [4.69, 9.17) is 9.84 Å². The summed E-state index contributed by atoms with van der Waals surface area (Å²) in [6.45, 7) is 4.59. The maximum Gasteiger partial charge on any atom is 0.303 e. The summed E-state index contributed by atoms with van der Waals surface area (Å²) in [7, 11) is 0. The molecule has 4 rings (SSSR count). The second kappa shape index (κ2) is 7.66. The zero-order chi connectivity index (χ0) is 20.8. The number of aryl methyl sites for hydroxylation is 1. The molecule has 158 valence electrons. The van der Waals surface area contributed by atoms with Gasteiger partial charge in [-0.2, -0.15) is 0 Å². The molecule has 5 heteroatoms. The van der Waals surface area contributed by atoms with Gasteiger partial charge in [-0.25, -0.2) is 0 Å². The molecule has 0 radical (unpaired) electrons. The van der Waals surface area contributed by atoms with Crippen molar-refractivity contribution in [3.05, 3.63) is 23.3 Å². The summed E-state index contributed by atoms with van der Waals surface area (Å²) in [6, 6.07) is 3.90. The molecular formula is C24H32O5. The smallest absolute Gasteiger partial charge is 0.303 e. The largest absolute Gasteiger partial charge is 0.504 e. The molecule has 1 aromatic rings. The van der Waals surface area contributed by atoms with E-state index in [9.17, 15) is 14.7 Å². The fourth-order valence-electron chi connectivity index (χ4n) is 6.70. The van der Waals surface area contributed by atoms with E-state index >= 15 is 0 Å². The molecule has 1 aromatic carbocycles. The third kappa shape index (κ3) is 3.43. The first-order valence-electron chi connectivity index (χ1n) is 11.1. The minimum Gasteiger partial charge on any atom is -0.504 e. The number of benzene rings is 1. The minimum absolute atomic E-state index is 0.183. The Kier molecular flexibility index (Phi) is 5.34. The Morgan fingerprint density at radius 3 is 2.83 bits per heavy atom. The molecule has 29 heavy (non-hydrogen) atoms. The van der Waals surface area contributed by atoms with Crippen molar-refractivity contribution in [3.63, 3.8) is 0 Å². The van der Waals surface area contributed by atoms with Crippen molar-refractivity contribution in [2.75, 3.05) is 6.61 Å². The monoisotopic (exact) mass is 400 g/mol. The van der Waals surface area contributed by atoms with Crippen LogP contribution in [-0.4, -0.2) is 28.6 Å². The Morgan fingerprint density at radius 2 is 2.10 bits per heavy atom. The molecule has 0 aromatic heterocycles. The van der Waals surface area contributed by atoms with Crippen LogP contribution in [0.15, 0.2) is 12.1 Å². The van der Waals surface area contributed by atoms with Gasteiger partial charge in [-0.05, 0) is 92.4 Å². The Bertz CT molecular complexity index is 816. The second-order valence-electron chi connectivity index (χ2n) is 9.42. The Morgan fingerprint density at radius 1 is 1.31 bits per heavy atom. The number of fused-ring (bicyclic) bond motifs is 5. The lowest BCUT2D eigenvalue weighted by Gasteiger charge is -2.50. The fourth-order valence-corrected chi connectivity index (χ4v) is 6.70. The topological polar surface area (TPSA) is 83.8 Å². The summed E-state index contributed by atoms with van der Waals surface area (Å²) in [5, 5.41) is 19.3. The number of carboxylic acids is 1. The number of aromatic hydroxyl groups is 1. The number of phenolic OH excluding ortho intramolecular Hbond substituents is 1. The van der Waals surface area contributed by atoms with E-state index in [2.05, 4.69) is 6.92 Å². The van der Waals surface area contributed by atoms with Crippen molar-refractivity contribution in [3.8, 4) is 11.5 Å². The van der Waals surface area contributed by atoms with Crippen LogP contribution >= 0.6 is 0 Å². The third-order valence-corrected chi connectivity index (χ3v) is 7.91. The van der Waals surface area contributed by atoms with E-state index in [1.807, 2.05) is 19.1 Å². The maximum absolute atomic E-state index is 13.0. The standard InChI is InChI=1S/C24H32O5/c1-3-29-20-13-18-14(11-19(20)25)7-8-17-16(18)9-10-24(2)21(26)12-15(23(17)24)5-4-6-22(27)28/h11,13,15-17,23,25H,3-10,12H2,1-2H3,(H,27,28)/t15-,16-,17+,23-,24+/m0/s1. The summed E-state index contributed by atoms with van der Waals surface area (Å²) in [6.07, 6.45) is 6.11. The molecule has 0 bridgehead atoms. The van der Waals surface area contributed by atoms with Gasteiger partial charge in [-0.15, -0.1) is 0 Å². The zero-order valence-corrected chi connectivity index (χ0v) is 17.4. The zero-order valence-electron chi connectivity index (χ0n) is 17.4. The molecule has 0 spiro atoms. The Balaban J connectivity index is 1.63.